The van der Waals surface area contributed by atoms with Gasteiger partial charge in [-0.15, -0.1) is 0 Å². The molecule has 0 unspecified atom stereocenters. The topological polar surface area (TPSA) is 92.7 Å². The van der Waals surface area contributed by atoms with E-state index in [0.717, 1.165) is 5.69 Å². The van der Waals surface area contributed by atoms with Gasteiger partial charge in [-0.25, -0.2) is 13.1 Å². The van der Waals surface area contributed by atoms with E-state index in [1.807, 2.05) is 6.07 Å². The zero-order valence-electron chi connectivity index (χ0n) is 12.1. The number of aryl methyl sites for hydroxylation is 2. The zero-order valence-corrected chi connectivity index (χ0v) is 12.9. The summed E-state index contributed by atoms with van der Waals surface area (Å²) in [5.41, 5.74) is 2.18. The summed E-state index contributed by atoms with van der Waals surface area (Å²) in [4.78, 5) is 0.178. The second-order valence-electron chi connectivity index (χ2n) is 4.87. The van der Waals surface area contributed by atoms with Crippen molar-refractivity contribution in [1.29, 1.82) is 0 Å². The van der Waals surface area contributed by atoms with Crippen LogP contribution >= 0.6 is 0 Å². The minimum atomic E-state index is -3.69. The molecule has 0 radical (unpaired) electrons. The summed E-state index contributed by atoms with van der Waals surface area (Å²) in [6, 6.07) is 8.82. The summed E-state index contributed by atoms with van der Waals surface area (Å²) >= 11 is 0. The Morgan fingerprint density at radius 1 is 1.23 bits per heavy atom. The van der Waals surface area contributed by atoms with Crippen LogP contribution in [0.3, 0.4) is 0 Å². The molecular weight excluding hydrogens is 302 g/mol. The van der Waals surface area contributed by atoms with E-state index in [0.29, 0.717) is 17.1 Å². The predicted molar refractivity (Wildman–Crippen MR) is 82.4 cm³/mol. The maximum absolute atomic E-state index is 12.5. The summed E-state index contributed by atoms with van der Waals surface area (Å²) in [7, 11) is -3.69. The molecule has 1 aromatic carbocycles. The van der Waals surface area contributed by atoms with Crippen molar-refractivity contribution in [3.05, 3.63) is 54.1 Å². The second-order valence-corrected chi connectivity index (χ2v) is 6.49. The number of aromatic nitrogens is 4. The third kappa shape index (κ3) is 2.60. The molecule has 0 atom stereocenters. The average molecular weight is 317 g/mol. The highest BCUT2D eigenvalue weighted by atomic mass is 32.2. The third-order valence-electron chi connectivity index (χ3n) is 3.20. The fourth-order valence-corrected chi connectivity index (χ4v) is 3.70. The van der Waals surface area contributed by atoms with Crippen molar-refractivity contribution in [2.24, 2.45) is 0 Å². The summed E-state index contributed by atoms with van der Waals surface area (Å²) in [6.45, 7) is 3.33. The number of benzene rings is 1. The lowest BCUT2D eigenvalue weighted by atomic mass is 10.3. The van der Waals surface area contributed by atoms with Gasteiger partial charge in [0.1, 0.15) is 4.90 Å². The lowest BCUT2D eigenvalue weighted by Crippen LogP contribution is -2.14. The number of nitrogens with one attached hydrogen (secondary N) is 2. The first-order valence-electron chi connectivity index (χ1n) is 6.62. The summed E-state index contributed by atoms with van der Waals surface area (Å²) in [5, 5.41) is 10.7. The van der Waals surface area contributed by atoms with Gasteiger partial charge in [-0.05, 0) is 38.1 Å². The third-order valence-corrected chi connectivity index (χ3v) is 4.84. The van der Waals surface area contributed by atoms with Crippen LogP contribution in [0, 0.1) is 13.8 Å². The van der Waals surface area contributed by atoms with E-state index in [2.05, 4.69) is 20.0 Å². The molecule has 0 fully saturated rings. The van der Waals surface area contributed by atoms with Crippen LogP contribution in [0.2, 0.25) is 0 Å². The number of H-pyrrole nitrogens is 1. The van der Waals surface area contributed by atoms with Crippen LogP contribution in [-0.4, -0.2) is 28.4 Å². The molecule has 0 aliphatic carbocycles. The van der Waals surface area contributed by atoms with Crippen molar-refractivity contribution < 1.29 is 8.42 Å². The molecule has 0 aliphatic rings. The van der Waals surface area contributed by atoms with Gasteiger partial charge in [-0.2, -0.15) is 10.2 Å². The van der Waals surface area contributed by atoms with Crippen LogP contribution in [0.15, 0.2) is 47.6 Å². The normalized spacial score (nSPS) is 11.5. The van der Waals surface area contributed by atoms with Gasteiger partial charge < -0.3 is 0 Å². The molecule has 7 nitrogen and oxygen atoms in total. The molecule has 0 saturated carbocycles. The fourth-order valence-electron chi connectivity index (χ4n) is 2.28. The maximum Gasteiger partial charge on any atom is 0.265 e. The Bertz CT molecular complexity index is 878. The molecule has 22 heavy (non-hydrogen) atoms. The van der Waals surface area contributed by atoms with Gasteiger partial charge in [0.25, 0.3) is 10.0 Å². The van der Waals surface area contributed by atoms with Crippen molar-refractivity contribution in [1.82, 2.24) is 20.0 Å². The molecule has 0 saturated heterocycles. The molecule has 0 bridgehead atoms. The van der Waals surface area contributed by atoms with E-state index in [4.69, 9.17) is 0 Å². The van der Waals surface area contributed by atoms with E-state index in [1.54, 1.807) is 55.2 Å². The van der Waals surface area contributed by atoms with Gasteiger partial charge in [0, 0.05) is 12.4 Å². The number of sulfonamides is 1. The SMILES string of the molecule is Cc1n[nH]c(C)c1S(=O)(=O)Nc1cccc(-n2cccn2)c1. The Labute approximate surface area is 128 Å². The fraction of sp³-hybridized carbons (Fsp3) is 0.143. The number of hydrogen-bond donors (Lipinski definition) is 2. The quantitative estimate of drug-likeness (QED) is 0.770. The molecule has 0 spiro atoms. The number of nitrogens with zero attached hydrogens (tertiary/aromatic N) is 3. The lowest BCUT2D eigenvalue weighted by Gasteiger charge is -2.10. The minimum absolute atomic E-state index is 0.178. The summed E-state index contributed by atoms with van der Waals surface area (Å²) in [6.07, 6.45) is 3.45. The van der Waals surface area contributed by atoms with Crippen molar-refractivity contribution in [3.63, 3.8) is 0 Å². The first kappa shape index (κ1) is 14.3. The summed E-state index contributed by atoms with van der Waals surface area (Å²) in [5.74, 6) is 0. The number of hydrogen-bond acceptors (Lipinski definition) is 4. The number of aromatic amines is 1. The van der Waals surface area contributed by atoms with Crippen LogP contribution in [0.4, 0.5) is 5.69 Å². The predicted octanol–water partition coefficient (Wildman–Crippen LogP) is 2.01. The smallest absolute Gasteiger partial charge is 0.265 e. The molecule has 2 aromatic heterocycles. The van der Waals surface area contributed by atoms with Crippen LogP contribution in [0.25, 0.3) is 5.69 Å². The van der Waals surface area contributed by atoms with Crippen molar-refractivity contribution in [3.8, 4) is 5.69 Å². The number of anilines is 1. The van der Waals surface area contributed by atoms with E-state index in [9.17, 15) is 8.42 Å². The van der Waals surface area contributed by atoms with E-state index in [1.165, 1.54) is 0 Å². The van der Waals surface area contributed by atoms with Crippen LogP contribution in [0.1, 0.15) is 11.4 Å². The molecule has 2 heterocycles. The van der Waals surface area contributed by atoms with Gasteiger partial charge in [0.2, 0.25) is 0 Å². The van der Waals surface area contributed by atoms with Crippen molar-refractivity contribution >= 4 is 15.7 Å². The van der Waals surface area contributed by atoms with Crippen LogP contribution in [-0.2, 0) is 10.0 Å². The number of rotatable bonds is 4. The van der Waals surface area contributed by atoms with E-state index >= 15 is 0 Å². The van der Waals surface area contributed by atoms with Gasteiger partial charge in [-0.3, -0.25) is 9.82 Å². The molecule has 8 heteroatoms. The molecule has 3 aromatic rings. The zero-order chi connectivity index (χ0) is 15.7. The van der Waals surface area contributed by atoms with Gasteiger partial charge >= 0.3 is 0 Å². The monoisotopic (exact) mass is 317 g/mol. The molecule has 2 N–H and O–H groups in total. The Kier molecular flexibility index (Phi) is 3.45. The van der Waals surface area contributed by atoms with Crippen LogP contribution in [0.5, 0.6) is 0 Å². The van der Waals surface area contributed by atoms with Crippen molar-refractivity contribution in [2.45, 2.75) is 18.7 Å². The Morgan fingerprint density at radius 3 is 2.68 bits per heavy atom. The highest BCUT2D eigenvalue weighted by molar-refractivity contribution is 7.92. The van der Waals surface area contributed by atoms with Gasteiger partial charge in [0.05, 0.1) is 22.8 Å². The molecule has 3 rings (SSSR count). The molecule has 0 aliphatic heterocycles. The average Bonchev–Trinajstić information content (AvgIpc) is 3.09. The van der Waals surface area contributed by atoms with Gasteiger partial charge in [0.15, 0.2) is 0 Å². The first-order valence-corrected chi connectivity index (χ1v) is 8.10. The van der Waals surface area contributed by atoms with Crippen LogP contribution < -0.4 is 4.72 Å². The first-order chi connectivity index (χ1) is 10.5. The Balaban J connectivity index is 1.95. The summed E-state index contributed by atoms with van der Waals surface area (Å²) < 4.78 is 29.3. The van der Waals surface area contributed by atoms with E-state index < -0.39 is 10.0 Å². The van der Waals surface area contributed by atoms with Crippen molar-refractivity contribution in [2.75, 3.05) is 4.72 Å². The molecule has 0 amide bonds. The standard InChI is InChI=1S/C14H15N5O2S/c1-10-14(11(2)17-16-10)22(20,21)18-12-5-3-6-13(9-12)19-8-4-7-15-19/h3-9,18H,1-2H3,(H,16,17). The van der Waals surface area contributed by atoms with E-state index in [-0.39, 0.29) is 4.90 Å². The molecule has 114 valence electrons. The molecular formula is C14H15N5O2S. The maximum atomic E-state index is 12.5. The highest BCUT2D eigenvalue weighted by Gasteiger charge is 2.22. The minimum Gasteiger partial charge on any atom is -0.281 e. The highest BCUT2D eigenvalue weighted by Crippen LogP contribution is 2.22. The largest absolute Gasteiger partial charge is 0.281 e. The van der Waals surface area contributed by atoms with Gasteiger partial charge in [-0.1, -0.05) is 6.07 Å². The lowest BCUT2D eigenvalue weighted by molar-refractivity contribution is 0.600. The second kappa shape index (κ2) is 5.30. The Morgan fingerprint density at radius 2 is 2.05 bits per heavy atom. The Hall–Kier alpha value is -2.61.